The molecule has 2 aromatic rings. The zero-order valence-corrected chi connectivity index (χ0v) is 18.3. The number of benzene rings is 2. The number of unbranched alkanes of at least 4 members (excludes halogenated alkanes) is 1. The van der Waals surface area contributed by atoms with Crippen LogP contribution in [0.4, 0.5) is 0 Å². The summed E-state index contributed by atoms with van der Waals surface area (Å²) >= 11 is 12.4. The van der Waals surface area contributed by atoms with Gasteiger partial charge in [-0.25, -0.2) is 0 Å². The molecule has 146 valence electrons. The van der Waals surface area contributed by atoms with Gasteiger partial charge in [0.15, 0.2) is 0 Å². The Bertz CT molecular complexity index is 808. The molecule has 0 aromatic heterocycles. The fourth-order valence-electron chi connectivity index (χ4n) is 3.59. The van der Waals surface area contributed by atoms with Gasteiger partial charge >= 0.3 is 0 Å². The van der Waals surface area contributed by atoms with Gasteiger partial charge in [-0.2, -0.15) is 0 Å². The first-order valence-corrected chi connectivity index (χ1v) is 10.6. The minimum atomic E-state index is 0.0996. The van der Waals surface area contributed by atoms with E-state index < -0.39 is 0 Å². The first-order chi connectivity index (χ1) is 12.9. The normalized spacial score (nSPS) is 13.4. The van der Waals surface area contributed by atoms with Crippen molar-refractivity contribution < 1.29 is 5.11 Å². The van der Waals surface area contributed by atoms with Crippen LogP contribution in [0.15, 0.2) is 42.0 Å². The summed E-state index contributed by atoms with van der Waals surface area (Å²) < 4.78 is 0. The monoisotopic (exact) mass is 404 g/mol. The molecule has 0 radical (unpaired) electrons. The Balaban J connectivity index is 2.58. The van der Waals surface area contributed by atoms with Crippen molar-refractivity contribution in [2.45, 2.75) is 65.7 Å². The number of aromatic hydroxyl groups is 1. The van der Waals surface area contributed by atoms with Crippen LogP contribution in [0.1, 0.15) is 76.0 Å². The summed E-state index contributed by atoms with van der Waals surface area (Å²) in [6.45, 7) is 8.75. The van der Waals surface area contributed by atoms with Gasteiger partial charge in [0.05, 0.1) is 0 Å². The molecule has 1 unspecified atom stereocenters. The fourth-order valence-corrected chi connectivity index (χ4v) is 3.93. The van der Waals surface area contributed by atoms with Crippen LogP contribution in [-0.2, 0) is 6.42 Å². The lowest BCUT2D eigenvalue weighted by molar-refractivity contribution is 0.466. The van der Waals surface area contributed by atoms with Gasteiger partial charge in [-0.1, -0.05) is 74.5 Å². The molecule has 0 aliphatic carbocycles. The highest BCUT2D eigenvalue weighted by Gasteiger charge is 2.18. The summed E-state index contributed by atoms with van der Waals surface area (Å²) in [5, 5.41) is 11.7. The summed E-state index contributed by atoms with van der Waals surface area (Å²) in [4.78, 5) is 0. The zero-order valence-electron chi connectivity index (χ0n) is 16.8. The average Bonchev–Trinajstić information content (AvgIpc) is 2.63. The largest absolute Gasteiger partial charge is 0.508 e. The van der Waals surface area contributed by atoms with E-state index in [4.69, 9.17) is 23.2 Å². The van der Waals surface area contributed by atoms with Crippen LogP contribution in [0, 0.1) is 0 Å². The second-order valence-electron chi connectivity index (χ2n) is 7.24. The molecule has 0 amide bonds. The van der Waals surface area contributed by atoms with E-state index in [0.29, 0.717) is 5.02 Å². The number of aryl methyl sites for hydroxylation is 1. The topological polar surface area (TPSA) is 20.2 Å². The highest BCUT2D eigenvalue weighted by molar-refractivity contribution is 6.31. The lowest BCUT2D eigenvalue weighted by Crippen LogP contribution is -2.03. The van der Waals surface area contributed by atoms with Crippen molar-refractivity contribution in [3.05, 3.63) is 68.7 Å². The quantitative estimate of drug-likeness (QED) is 0.467. The van der Waals surface area contributed by atoms with Crippen LogP contribution in [-0.4, -0.2) is 5.11 Å². The molecule has 1 nitrogen and oxygen atoms in total. The number of hydrogen-bond donors (Lipinski definition) is 1. The molecule has 0 heterocycles. The molecular formula is C24H30Cl2O. The Morgan fingerprint density at radius 2 is 1.67 bits per heavy atom. The lowest BCUT2D eigenvalue weighted by atomic mass is 9.83. The van der Waals surface area contributed by atoms with E-state index in [1.165, 1.54) is 22.3 Å². The van der Waals surface area contributed by atoms with Crippen LogP contribution >= 0.6 is 23.2 Å². The Labute approximate surface area is 174 Å². The Morgan fingerprint density at radius 1 is 1.00 bits per heavy atom. The number of halogens is 2. The summed E-state index contributed by atoms with van der Waals surface area (Å²) in [7, 11) is 0. The second kappa shape index (κ2) is 10.2. The van der Waals surface area contributed by atoms with E-state index in [2.05, 4.69) is 39.8 Å². The number of phenolic OH excluding ortho intramolecular Hbond substituents is 1. The Kier molecular flexibility index (Phi) is 8.26. The van der Waals surface area contributed by atoms with E-state index in [-0.39, 0.29) is 11.7 Å². The van der Waals surface area contributed by atoms with Crippen molar-refractivity contribution in [2.75, 3.05) is 0 Å². The van der Waals surface area contributed by atoms with Gasteiger partial charge in [-0.05, 0) is 67.2 Å². The molecule has 0 fully saturated rings. The average molecular weight is 405 g/mol. The van der Waals surface area contributed by atoms with Crippen LogP contribution < -0.4 is 0 Å². The molecule has 2 rings (SSSR count). The van der Waals surface area contributed by atoms with Crippen LogP contribution in [0.5, 0.6) is 5.75 Å². The molecule has 0 aliphatic rings. The molecule has 0 saturated heterocycles. The van der Waals surface area contributed by atoms with E-state index in [1.54, 1.807) is 6.07 Å². The van der Waals surface area contributed by atoms with E-state index in [0.717, 1.165) is 42.7 Å². The van der Waals surface area contributed by atoms with Crippen LogP contribution in [0.2, 0.25) is 10.0 Å². The SMILES string of the molecule is CCCC/C(=C(/C)C(C)c1ccc(Cl)cc1O)c1cc(Cl)ccc1CCC. The zero-order chi connectivity index (χ0) is 20.0. The summed E-state index contributed by atoms with van der Waals surface area (Å²) in [6.07, 6.45) is 5.42. The molecule has 1 atom stereocenters. The molecule has 3 heteroatoms. The van der Waals surface area contributed by atoms with Gasteiger partial charge in [-0.3, -0.25) is 0 Å². The van der Waals surface area contributed by atoms with E-state index >= 15 is 0 Å². The molecule has 0 saturated carbocycles. The van der Waals surface area contributed by atoms with Gasteiger partial charge in [0.1, 0.15) is 5.75 Å². The Hall–Kier alpha value is -1.44. The second-order valence-corrected chi connectivity index (χ2v) is 8.11. The number of hydrogen-bond acceptors (Lipinski definition) is 1. The maximum absolute atomic E-state index is 10.4. The number of rotatable bonds is 8. The standard InChI is InChI=1S/C24H30Cl2O/c1-5-7-9-21(23-14-19(25)11-10-18(23)8-6-2)16(3)17(4)22-13-12-20(26)15-24(22)27/h10-15,17,27H,5-9H2,1-4H3/b21-16+. The minimum Gasteiger partial charge on any atom is -0.508 e. The van der Waals surface area contributed by atoms with Gasteiger partial charge in [0.2, 0.25) is 0 Å². The smallest absolute Gasteiger partial charge is 0.120 e. The molecule has 0 aliphatic heterocycles. The van der Waals surface area contributed by atoms with E-state index in [9.17, 15) is 5.11 Å². The molecule has 27 heavy (non-hydrogen) atoms. The highest BCUT2D eigenvalue weighted by Crippen LogP contribution is 2.39. The molecule has 2 aromatic carbocycles. The van der Waals surface area contributed by atoms with Crippen LogP contribution in [0.25, 0.3) is 5.57 Å². The van der Waals surface area contributed by atoms with Crippen molar-refractivity contribution in [1.29, 1.82) is 0 Å². The predicted molar refractivity (Wildman–Crippen MR) is 119 cm³/mol. The fraction of sp³-hybridized carbons (Fsp3) is 0.417. The van der Waals surface area contributed by atoms with Crippen molar-refractivity contribution in [2.24, 2.45) is 0 Å². The maximum Gasteiger partial charge on any atom is 0.120 e. The van der Waals surface area contributed by atoms with Gasteiger partial charge in [-0.15, -0.1) is 0 Å². The van der Waals surface area contributed by atoms with Crippen molar-refractivity contribution in [1.82, 2.24) is 0 Å². The van der Waals surface area contributed by atoms with Crippen LogP contribution in [0.3, 0.4) is 0 Å². The Morgan fingerprint density at radius 3 is 2.30 bits per heavy atom. The van der Waals surface area contributed by atoms with Gasteiger partial charge < -0.3 is 5.11 Å². The van der Waals surface area contributed by atoms with Crippen molar-refractivity contribution in [3.63, 3.8) is 0 Å². The first-order valence-electron chi connectivity index (χ1n) is 9.85. The predicted octanol–water partition coefficient (Wildman–Crippen LogP) is 8.42. The molecule has 1 N–H and O–H groups in total. The lowest BCUT2D eigenvalue weighted by Gasteiger charge is -2.22. The first kappa shape index (κ1) is 21.9. The van der Waals surface area contributed by atoms with Gasteiger partial charge in [0, 0.05) is 21.5 Å². The van der Waals surface area contributed by atoms with Crippen molar-refractivity contribution >= 4 is 28.8 Å². The van der Waals surface area contributed by atoms with E-state index in [1.807, 2.05) is 18.2 Å². The maximum atomic E-state index is 10.4. The summed E-state index contributed by atoms with van der Waals surface area (Å²) in [6, 6.07) is 11.6. The summed E-state index contributed by atoms with van der Waals surface area (Å²) in [5.74, 6) is 0.353. The molecule has 0 spiro atoms. The third kappa shape index (κ3) is 5.53. The third-order valence-corrected chi connectivity index (χ3v) is 5.75. The number of phenols is 1. The van der Waals surface area contributed by atoms with Gasteiger partial charge in [0.25, 0.3) is 0 Å². The number of allylic oxidation sites excluding steroid dienone is 2. The minimum absolute atomic E-state index is 0.0996. The summed E-state index contributed by atoms with van der Waals surface area (Å²) in [5.41, 5.74) is 6.14. The van der Waals surface area contributed by atoms with Crippen molar-refractivity contribution in [3.8, 4) is 5.75 Å². The third-order valence-electron chi connectivity index (χ3n) is 5.28. The molecule has 0 bridgehead atoms. The molecular weight excluding hydrogens is 375 g/mol. The highest BCUT2D eigenvalue weighted by atomic mass is 35.5.